The Morgan fingerprint density at radius 1 is 0.393 bits per heavy atom. The minimum absolute atomic E-state index is 0.928. The van der Waals surface area contributed by atoms with Crippen molar-refractivity contribution in [3.8, 4) is 11.5 Å². The van der Waals surface area contributed by atoms with Gasteiger partial charge in [0.25, 0.3) is 0 Å². The third kappa shape index (κ3) is 13.9. The van der Waals surface area contributed by atoms with Crippen LogP contribution in [-0.4, -0.2) is 41.4 Å². The summed E-state index contributed by atoms with van der Waals surface area (Å²) in [4.78, 5) is 0. The Kier molecular flexibility index (Phi) is 23.4. The molecular weight excluding hydrogens is 813 g/mol. The molecule has 4 aromatic rings. The largest absolute Gasteiger partial charge is 0.496 e. The maximum absolute atomic E-state index is 6.23. The summed E-state index contributed by atoms with van der Waals surface area (Å²) in [5.74, 6) is 1.91. The zero-order valence-electron chi connectivity index (χ0n) is 40.2. The van der Waals surface area contributed by atoms with Crippen molar-refractivity contribution in [2.24, 2.45) is 0 Å². The van der Waals surface area contributed by atoms with Crippen LogP contribution in [0.2, 0.25) is 36.3 Å². The third-order valence-corrected chi connectivity index (χ3v) is 29.9. The van der Waals surface area contributed by atoms with Crippen LogP contribution in [-0.2, 0) is 0 Å². The summed E-state index contributed by atoms with van der Waals surface area (Å²) in [6.07, 6.45) is 18.1. The van der Waals surface area contributed by atoms with E-state index in [0.29, 0.717) is 0 Å². The first-order valence-electron chi connectivity index (χ1n) is 24.7. The normalized spacial score (nSPS) is 12.2. The highest BCUT2D eigenvalue weighted by molar-refractivity contribution is 7.84. The zero-order chi connectivity index (χ0) is 43.9. The molecule has 0 spiro atoms. The molecule has 0 saturated carbocycles. The quantitative estimate of drug-likeness (QED) is 0.0371. The number of hydrogen-bond acceptors (Lipinski definition) is 3. The molecule has 0 aliphatic carbocycles. The Bertz CT molecular complexity index is 1620. The Balaban J connectivity index is 2.04. The van der Waals surface area contributed by atoms with Gasteiger partial charge in [-0.1, -0.05) is 251 Å². The maximum Gasteiger partial charge on any atom is 0.128 e. The zero-order valence-corrected chi connectivity index (χ0v) is 44.0. The topological polar surface area (TPSA) is 21.7 Å². The minimum atomic E-state index is -1.66. The van der Waals surface area contributed by atoms with E-state index in [2.05, 4.69) is 150 Å². The Morgan fingerprint density at radius 2 is 0.705 bits per heavy atom. The van der Waals surface area contributed by atoms with Crippen LogP contribution < -0.4 is 41.1 Å². The second-order valence-corrected chi connectivity index (χ2v) is 31.5. The van der Waals surface area contributed by atoms with Gasteiger partial charge in [-0.15, -0.1) is 0 Å². The molecule has 3 nitrogen and oxygen atoms in total. The molecule has 0 radical (unpaired) electrons. The lowest BCUT2D eigenvalue weighted by molar-refractivity contribution is 0.417. The summed E-state index contributed by atoms with van der Waals surface area (Å²) < 4.78 is 15.4. The van der Waals surface area contributed by atoms with Crippen LogP contribution in [0.5, 0.6) is 11.5 Å². The standard InChI is InChI=1S/C54H85NO2P2Si2/c1-10-17-40-55(59(53-30-26-24-28-51(53)56-8)54-31-27-25-29-52(54)57-9)58(47-32-36-49(37-33-47)60(41-18-11-2,42-19-12-3)43-20-13-4)48-34-38-50(39-35-48)61(44-21-14-5,45-22-15-6)46-23-16-7/h24-39H,10-23,40-46H2,1-9H3. The SMILES string of the molecule is CCCCN(P(c1ccc([Si](CCCC)(CCCC)CCCC)cc1)c1ccc([Si](CCCC)(CCCC)CCCC)cc1)P(c1ccccc1OC)c1ccccc1OC. The van der Waals surface area contributed by atoms with E-state index >= 15 is 0 Å². The van der Waals surface area contributed by atoms with Gasteiger partial charge in [0, 0.05) is 33.3 Å². The van der Waals surface area contributed by atoms with Crippen LogP contribution in [0.4, 0.5) is 0 Å². The molecule has 61 heavy (non-hydrogen) atoms. The summed E-state index contributed by atoms with van der Waals surface area (Å²) in [5, 5.41) is 8.86. The summed E-state index contributed by atoms with van der Waals surface area (Å²) in [7, 11) is -1.63. The first kappa shape index (κ1) is 51.4. The summed E-state index contributed by atoms with van der Waals surface area (Å²) >= 11 is 0. The van der Waals surface area contributed by atoms with Gasteiger partial charge in [0.2, 0.25) is 0 Å². The molecule has 0 fully saturated rings. The highest BCUT2D eigenvalue weighted by atomic mass is 31.2. The van der Waals surface area contributed by atoms with Gasteiger partial charge in [-0.3, -0.25) is 0 Å². The van der Waals surface area contributed by atoms with E-state index in [0.717, 1.165) is 30.9 Å². The molecule has 0 saturated heterocycles. The molecule has 0 unspecified atom stereocenters. The van der Waals surface area contributed by atoms with Crippen LogP contribution in [0.3, 0.4) is 0 Å². The summed E-state index contributed by atoms with van der Waals surface area (Å²) in [5.41, 5.74) is 0. The average molecular weight is 898 g/mol. The van der Waals surface area contributed by atoms with E-state index in [1.807, 2.05) is 14.2 Å². The number of methoxy groups -OCH3 is 2. The highest BCUT2D eigenvalue weighted by Crippen LogP contribution is 2.56. The Hall–Kier alpha value is -2.27. The predicted octanol–water partition coefficient (Wildman–Crippen LogP) is 14.3. The number of hydrogen-bond donors (Lipinski definition) is 0. The maximum atomic E-state index is 6.23. The van der Waals surface area contributed by atoms with E-state index in [1.165, 1.54) is 135 Å². The molecule has 0 atom stereocenters. The molecule has 0 bridgehead atoms. The van der Waals surface area contributed by atoms with Gasteiger partial charge in [-0.05, 0) is 41.3 Å². The first-order chi connectivity index (χ1) is 29.9. The predicted molar refractivity (Wildman–Crippen MR) is 282 cm³/mol. The number of ether oxygens (including phenoxy) is 2. The molecule has 0 N–H and O–H groups in total. The number of para-hydroxylation sites is 2. The second kappa shape index (κ2) is 27.8. The van der Waals surface area contributed by atoms with Crippen molar-refractivity contribution >= 4 is 63.9 Å². The molecule has 336 valence electrons. The van der Waals surface area contributed by atoms with Crippen LogP contribution >= 0.6 is 16.1 Å². The van der Waals surface area contributed by atoms with Crippen molar-refractivity contribution in [1.29, 1.82) is 0 Å². The van der Waals surface area contributed by atoms with E-state index < -0.39 is 32.3 Å². The van der Waals surface area contributed by atoms with Crippen molar-refractivity contribution in [1.82, 2.24) is 4.44 Å². The molecule has 0 aliphatic heterocycles. The number of unbranched alkanes of at least 4 members (excludes halogenated alkanes) is 7. The van der Waals surface area contributed by atoms with Gasteiger partial charge in [-0.25, -0.2) is 4.44 Å². The van der Waals surface area contributed by atoms with Crippen molar-refractivity contribution < 1.29 is 9.47 Å². The first-order valence-corrected chi connectivity index (χ1v) is 32.5. The van der Waals surface area contributed by atoms with E-state index in [4.69, 9.17) is 9.47 Å². The molecular formula is C54H85NO2P2Si2. The van der Waals surface area contributed by atoms with Crippen LogP contribution in [0.25, 0.3) is 0 Å². The van der Waals surface area contributed by atoms with Crippen molar-refractivity contribution in [2.45, 2.75) is 175 Å². The fourth-order valence-corrected chi connectivity index (χ4v) is 27.0. The van der Waals surface area contributed by atoms with E-state index in [-0.39, 0.29) is 0 Å². The van der Waals surface area contributed by atoms with Crippen LogP contribution in [0.15, 0.2) is 97.1 Å². The van der Waals surface area contributed by atoms with Gasteiger partial charge in [0.05, 0.1) is 30.4 Å². The van der Waals surface area contributed by atoms with Crippen molar-refractivity contribution in [2.75, 3.05) is 20.8 Å². The fourth-order valence-electron chi connectivity index (χ4n) is 9.61. The Labute approximate surface area is 379 Å². The monoisotopic (exact) mass is 898 g/mol. The second-order valence-electron chi connectivity index (χ2n) is 17.7. The van der Waals surface area contributed by atoms with Gasteiger partial charge in [0.15, 0.2) is 0 Å². The van der Waals surface area contributed by atoms with E-state index in [1.54, 1.807) is 10.4 Å². The number of nitrogens with zero attached hydrogens (tertiary/aromatic N) is 1. The average Bonchev–Trinajstić information content (AvgIpc) is 3.31. The lowest BCUT2D eigenvalue weighted by atomic mass is 10.3. The third-order valence-electron chi connectivity index (χ3n) is 13.3. The molecule has 7 heteroatoms. The van der Waals surface area contributed by atoms with Gasteiger partial charge in [0.1, 0.15) is 11.5 Å². The van der Waals surface area contributed by atoms with Crippen molar-refractivity contribution in [3.05, 3.63) is 97.1 Å². The van der Waals surface area contributed by atoms with Crippen molar-refractivity contribution in [3.63, 3.8) is 0 Å². The summed E-state index contributed by atoms with van der Waals surface area (Å²) in [6, 6.07) is 47.1. The molecule has 0 aliphatic rings. The minimum Gasteiger partial charge on any atom is -0.496 e. The molecule has 4 rings (SSSR count). The van der Waals surface area contributed by atoms with Gasteiger partial charge < -0.3 is 9.47 Å². The molecule has 0 amide bonds. The number of benzene rings is 4. The molecule has 0 heterocycles. The van der Waals surface area contributed by atoms with Crippen LogP contribution in [0.1, 0.15) is 138 Å². The molecule has 4 aromatic carbocycles. The fraction of sp³-hybridized carbons (Fsp3) is 0.556. The smallest absolute Gasteiger partial charge is 0.128 e. The van der Waals surface area contributed by atoms with Gasteiger partial charge in [-0.2, -0.15) is 0 Å². The number of rotatable bonds is 31. The van der Waals surface area contributed by atoms with Gasteiger partial charge >= 0.3 is 0 Å². The van der Waals surface area contributed by atoms with E-state index in [9.17, 15) is 0 Å². The highest BCUT2D eigenvalue weighted by Gasteiger charge is 2.38. The van der Waals surface area contributed by atoms with Crippen LogP contribution in [0, 0.1) is 0 Å². The molecule has 0 aromatic heterocycles. The lowest BCUT2D eigenvalue weighted by Crippen LogP contribution is -2.48. The summed E-state index contributed by atoms with van der Waals surface area (Å²) in [6.45, 7) is 17.7. The Morgan fingerprint density at radius 3 is 1.00 bits per heavy atom. The lowest BCUT2D eigenvalue weighted by Gasteiger charge is -2.40.